The summed E-state index contributed by atoms with van der Waals surface area (Å²) < 4.78 is 23.3. The minimum absolute atomic E-state index is 0.183. The van der Waals surface area contributed by atoms with Crippen molar-refractivity contribution in [3.8, 4) is 0 Å². The minimum atomic E-state index is -3.68. The Bertz CT molecular complexity index is 899. The van der Waals surface area contributed by atoms with E-state index in [4.69, 9.17) is 5.14 Å². The second-order valence-electron chi connectivity index (χ2n) is 6.22. The number of aryl methyl sites for hydroxylation is 1. The van der Waals surface area contributed by atoms with Crippen molar-refractivity contribution in [2.75, 3.05) is 5.32 Å². The zero-order valence-corrected chi connectivity index (χ0v) is 14.3. The molecular formula is C17H18N2O2S2. The van der Waals surface area contributed by atoms with E-state index >= 15 is 0 Å². The number of anilines is 1. The molecule has 4 rings (SSSR count). The van der Waals surface area contributed by atoms with Gasteiger partial charge in [-0.05, 0) is 55.2 Å². The molecule has 3 N–H and O–H groups in total. The summed E-state index contributed by atoms with van der Waals surface area (Å²) in [5, 5.41) is 8.90. The smallest absolute Gasteiger partial charge is 0.238 e. The Kier molecular flexibility index (Phi) is 3.37. The number of sulfonamides is 1. The lowest BCUT2D eigenvalue weighted by molar-refractivity contribution is 0.429. The topological polar surface area (TPSA) is 72.2 Å². The third-order valence-corrected chi connectivity index (χ3v) is 6.73. The van der Waals surface area contributed by atoms with Crippen molar-refractivity contribution in [1.29, 1.82) is 0 Å². The van der Waals surface area contributed by atoms with Crippen molar-refractivity contribution in [1.82, 2.24) is 0 Å². The van der Waals surface area contributed by atoms with Crippen LogP contribution in [0.25, 0.3) is 0 Å². The molecule has 0 radical (unpaired) electrons. The van der Waals surface area contributed by atoms with Crippen molar-refractivity contribution < 1.29 is 8.42 Å². The molecule has 1 aromatic carbocycles. The van der Waals surface area contributed by atoms with E-state index in [1.807, 2.05) is 17.4 Å². The number of benzene rings is 1. The van der Waals surface area contributed by atoms with Gasteiger partial charge >= 0.3 is 0 Å². The van der Waals surface area contributed by atoms with Gasteiger partial charge in [-0.15, -0.1) is 11.3 Å². The first-order valence-corrected chi connectivity index (χ1v) is 9.96. The second-order valence-corrected chi connectivity index (χ2v) is 9.10. The summed E-state index contributed by atoms with van der Waals surface area (Å²) in [5.41, 5.74) is 2.03. The van der Waals surface area contributed by atoms with Gasteiger partial charge in [0.2, 0.25) is 10.0 Å². The van der Waals surface area contributed by atoms with Crippen molar-refractivity contribution in [2.24, 2.45) is 11.1 Å². The minimum Gasteiger partial charge on any atom is -0.377 e. The molecule has 120 valence electrons. The fourth-order valence-electron chi connectivity index (χ4n) is 3.65. The lowest BCUT2D eigenvalue weighted by Crippen LogP contribution is -2.28. The van der Waals surface area contributed by atoms with Crippen molar-refractivity contribution in [3.63, 3.8) is 0 Å². The van der Waals surface area contributed by atoms with Gasteiger partial charge in [0.1, 0.15) is 0 Å². The SMILES string of the molecule is Cc1ccc(C2Nc3ccc(S(N)(=O)=O)cc3C3C=CCC32)s1. The van der Waals surface area contributed by atoms with E-state index in [9.17, 15) is 8.42 Å². The van der Waals surface area contributed by atoms with Crippen LogP contribution < -0.4 is 10.5 Å². The highest BCUT2D eigenvalue weighted by Gasteiger charge is 2.38. The number of hydrogen-bond donors (Lipinski definition) is 2. The molecule has 3 unspecified atom stereocenters. The summed E-state index contributed by atoms with van der Waals surface area (Å²) >= 11 is 1.82. The van der Waals surface area contributed by atoms with E-state index in [1.54, 1.807) is 12.1 Å². The number of hydrogen-bond acceptors (Lipinski definition) is 4. The Morgan fingerprint density at radius 1 is 1.26 bits per heavy atom. The summed E-state index contributed by atoms with van der Waals surface area (Å²) in [6.07, 6.45) is 5.40. The zero-order chi connectivity index (χ0) is 16.2. The van der Waals surface area contributed by atoms with Crippen LogP contribution in [0.2, 0.25) is 0 Å². The molecule has 1 aromatic heterocycles. The molecule has 0 saturated carbocycles. The van der Waals surface area contributed by atoms with Gasteiger partial charge in [0, 0.05) is 21.4 Å². The molecular weight excluding hydrogens is 328 g/mol. The fourth-order valence-corrected chi connectivity index (χ4v) is 5.21. The first-order valence-electron chi connectivity index (χ1n) is 7.60. The summed E-state index contributed by atoms with van der Waals surface area (Å²) in [7, 11) is -3.68. The molecule has 0 bridgehead atoms. The highest BCUT2D eigenvalue weighted by molar-refractivity contribution is 7.89. The van der Waals surface area contributed by atoms with Gasteiger partial charge in [0.05, 0.1) is 10.9 Å². The molecule has 1 aliphatic carbocycles. The van der Waals surface area contributed by atoms with E-state index in [-0.39, 0.29) is 16.9 Å². The molecule has 0 spiro atoms. The van der Waals surface area contributed by atoms with Crippen LogP contribution in [0.4, 0.5) is 5.69 Å². The van der Waals surface area contributed by atoms with Crippen molar-refractivity contribution in [3.05, 3.63) is 57.8 Å². The number of nitrogens with one attached hydrogen (secondary N) is 1. The molecule has 6 heteroatoms. The third-order valence-electron chi connectivity index (χ3n) is 4.73. The monoisotopic (exact) mass is 346 g/mol. The Hall–Kier alpha value is -1.63. The van der Waals surface area contributed by atoms with Crippen LogP contribution in [0.5, 0.6) is 0 Å². The highest BCUT2D eigenvalue weighted by Crippen LogP contribution is 2.51. The summed E-state index contributed by atoms with van der Waals surface area (Å²) in [6.45, 7) is 2.12. The summed E-state index contributed by atoms with van der Waals surface area (Å²) in [4.78, 5) is 2.82. The van der Waals surface area contributed by atoms with Crippen LogP contribution in [0.15, 0.2) is 47.4 Å². The first kappa shape index (κ1) is 14.9. The van der Waals surface area contributed by atoms with E-state index in [1.165, 1.54) is 9.75 Å². The number of allylic oxidation sites excluding steroid dienone is 2. The predicted molar refractivity (Wildman–Crippen MR) is 93.2 cm³/mol. The van der Waals surface area contributed by atoms with Gasteiger partial charge in [0.25, 0.3) is 0 Å². The van der Waals surface area contributed by atoms with E-state index in [0.29, 0.717) is 5.92 Å². The van der Waals surface area contributed by atoms with Crippen LogP contribution in [0.1, 0.15) is 33.7 Å². The number of rotatable bonds is 2. The Morgan fingerprint density at radius 2 is 2.09 bits per heavy atom. The molecule has 23 heavy (non-hydrogen) atoms. The van der Waals surface area contributed by atoms with E-state index in [0.717, 1.165) is 17.7 Å². The molecule has 1 aliphatic heterocycles. The fraction of sp³-hybridized carbons (Fsp3) is 0.294. The average Bonchev–Trinajstić information content (AvgIpc) is 3.13. The number of fused-ring (bicyclic) bond motifs is 3. The summed E-state index contributed by atoms with van der Waals surface area (Å²) in [6, 6.07) is 9.75. The lowest BCUT2D eigenvalue weighted by Gasteiger charge is -2.37. The van der Waals surface area contributed by atoms with Crippen LogP contribution in [-0.2, 0) is 10.0 Å². The predicted octanol–water partition coefficient (Wildman–Crippen LogP) is 3.53. The first-order chi connectivity index (χ1) is 10.9. The van der Waals surface area contributed by atoms with Gasteiger partial charge in [-0.2, -0.15) is 0 Å². The van der Waals surface area contributed by atoms with Crippen LogP contribution in [0.3, 0.4) is 0 Å². The highest BCUT2D eigenvalue weighted by atomic mass is 32.2. The number of nitrogens with two attached hydrogens (primary N) is 1. The van der Waals surface area contributed by atoms with Crippen molar-refractivity contribution >= 4 is 27.0 Å². The van der Waals surface area contributed by atoms with Gasteiger partial charge < -0.3 is 5.32 Å². The average molecular weight is 346 g/mol. The Labute approximate surface area is 140 Å². The molecule has 4 nitrogen and oxygen atoms in total. The van der Waals surface area contributed by atoms with Crippen LogP contribution >= 0.6 is 11.3 Å². The number of thiophene rings is 1. The van der Waals surface area contributed by atoms with E-state index < -0.39 is 10.0 Å². The van der Waals surface area contributed by atoms with Gasteiger partial charge in [0.15, 0.2) is 0 Å². The standard InChI is InChI=1S/C17H18N2O2S2/c1-10-5-8-16(22-10)17-13-4-2-3-12(13)14-9-11(23(18,20)21)6-7-15(14)19-17/h2-3,5-9,12-13,17,19H,4H2,1H3,(H2,18,20,21). The molecule has 0 amide bonds. The Balaban J connectivity index is 1.80. The zero-order valence-electron chi connectivity index (χ0n) is 12.7. The van der Waals surface area contributed by atoms with Crippen LogP contribution in [0, 0.1) is 12.8 Å². The maximum atomic E-state index is 11.6. The largest absolute Gasteiger partial charge is 0.377 e. The molecule has 2 aromatic rings. The van der Waals surface area contributed by atoms with Gasteiger partial charge in [-0.1, -0.05) is 12.2 Å². The molecule has 2 heterocycles. The normalized spacial score (nSPS) is 25.7. The molecule has 0 fully saturated rings. The molecule has 0 saturated heterocycles. The van der Waals surface area contributed by atoms with E-state index in [2.05, 4.69) is 36.5 Å². The maximum Gasteiger partial charge on any atom is 0.238 e. The quantitative estimate of drug-likeness (QED) is 0.817. The second kappa shape index (κ2) is 5.19. The third kappa shape index (κ3) is 2.51. The Morgan fingerprint density at radius 3 is 2.78 bits per heavy atom. The molecule has 3 atom stereocenters. The lowest BCUT2D eigenvalue weighted by atomic mass is 9.79. The van der Waals surface area contributed by atoms with Gasteiger partial charge in [-0.3, -0.25) is 0 Å². The maximum absolute atomic E-state index is 11.6. The summed E-state index contributed by atoms with van der Waals surface area (Å²) in [5.74, 6) is 0.650. The molecule has 2 aliphatic rings. The van der Waals surface area contributed by atoms with Crippen LogP contribution in [-0.4, -0.2) is 8.42 Å². The van der Waals surface area contributed by atoms with Gasteiger partial charge in [-0.25, -0.2) is 13.6 Å². The number of primary sulfonamides is 1. The van der Waals surface area contributed by atoms with Crippen molar-refractivity contribution in [2.45, 2.75) is 30.2 Å².